The van der Waals surface area contributed by atoms with Crippen LogP contribution >= 0.6 is 0 Å². The summed E-state index contributed by atoms with van der Waals surface area (Å²) in [5.41, 5.74) is 1.30. The second-order valence-electron chi connectivity index (χ2n) is 5.38. The summed E-state index contributed by atoms with van der Waals surface area (Å²) in [6.07, 6.45) is 0.207. The van der Waals surface area contributed by atoms with Crippen molar-refractivity contribution >= 4 is 17.6 Å². The van der Waals surface area contributed by atoms with Gasteiger partial charge in [0, 0.05) is 19.2 Å². The average molecular weight is 341 g/mol. The van der Waals surface area contributed by atoms with Crippen molar-refractivity contribution in [2.75, 3.05) is 18.5 Å². The molecule has 130 valence electrons. The van der Waals surface area contributed by atoms with Crippen LogP contribution in [0.1, 0.15) is 32.2 Å². The Hall–Kier alpha value is -3.18. The number of benzene rings is 1. The molecule has 3 N–H and O–H groups in total. The molecule has 0 atom stereocenters. The van der Waals surface area contributed by atoms with Crippen LogP contribution in [0.4, 0.5) is 5.82 Å². The number of nitrogens with zero attached hydrogens (tertiary/aromatic N) is 3. The summed E-state index contributed by atoms with van der Waals surface area (Å²) < 4.78 is 1.56. The fourth-order valence-electron chi connectivity index (χ4n) is 2.30. The summed E-state index contributed by atoms with van der Waals surface area (Å²) in [4.78, 5) is 28.9. The maximum Gasteiger partial charge on any atom is 0.271 e. The van der Waals surface area contributed by atoms with E-state index in [1.54, 1.807) is 42.8 Å². The van der Waals surface area contributed by atoms with E-state index in [-0.39, 0.29) is 31.1 Å². The third-order valence-electron chi connectivity index (χ3n) is 3.64. The Balaban J connectivity index is 2.26. The Morgan fingerprint density at radius 1 is 1.36 bits per heavy atom. The van der Waals surface area contributed by atoms with Crippen molar-refractivity contribution in [3.8, 4) is 6.07 Å². The van der Waals surface area contributed by atoms with E-state index < -0.39 is 11.8 Å². The van der Waals surface area contributed by atoms with E-state index in [2.05, 4.69) is 15.6 Å². The first-order valence-electron chi connectivity index (χ1n) is 7.67. The quantitative estimate of drug-likeness (QED) is 0.717. The summed E-state index contributed by atoms with van der Waals surface area (Å²) in [6.45, 7) is 1.63. The van der Waals surface area contributed by atoms with Gasteiger partial charge in [0.2, 0.25) is 0 Å². The Morgan fingerprint density at radius 3 is 2.80 bits per heavy atom. The highest BCUT2D eigenvalue weighted by molar-refractivity contribution is 6.07. The number of imidazole rings is 1. The van der Waals surface area contributed by atoms with Crippen LogP contribution in [0.25, 0.3) is 0 Å². The lowest BCUT2D eigenvalue weighted by Crippen LogP contribution is -2.29. The SMILES string of the molecule is Cc1nc(NC(=O)c2cccc(CC#N)c2)c(C(=O)NCCO)n1C. The third kappa shape index (κ3) is 4.22. The molecule has 0 aliphatic heterocycles. The van der Waals surface area contributed by atoms with Gasteiger partial charge in [0.15, 0.2) is 11.5 Å². The van der Waals surface area contributed by atoms with Crippen molar-refractivity contribution in [3.05, 3.63) is 46.9 Å². The topological polar surface area (TPSA) is 120 Å². The Morgan fingerprint density at radius 2 is 2.12 bits per heavy atom. The lowest BCUT2D eigenvalue weighted by molar-refractivity contribution is 0.0937. The molecule has 2 amide bonds. The molecule has 0 aliphatic rings. The fraction of sp³-hybridized carbons (Fsp3) is 0.294. The number of nitriles is 1. The lowest BCUT2D eigenvalue weighted by atomic mass is 10.1. The molecular formula is C17H19N5O3. The number of nitrogens with one attached hydrogen (secondary N) is 2. The first kappa shape index (κ1) is 18.2. The summed E-state index contributed by atoms with van der Waals surface area (Å²) in [6, 6.07) is 8.74. The summed E-state index contributed by atoms with van der Waals surface area (Å²) in [5.74, 6) is -0.159. The normalized spacial score (nSPS) is 10.2. The van der Waals surface area contributed by atoms with Crippen molar-refractivity contribution in [3.63, 3.8) is 0 Å². The molecule has 0 saturated carbocycles. The van der Waals surface area contributed by atoms with Crippen LogP contribution in [-0.4, -0.2) is 39.6 Å². The van der Waals surface area contributed by atoms with Gasteiger partial charge in [0.05, 0.1) is 19.1 Å². The van der Waals surface area contributed by atoms with Crippen LogP contribution in [0.15, 0.2) is 24.3 Å². The van der Waals surface area contributed by atoms with Crippen molar-refractivity contribution in [2.45, 2.75) is 13.3 Å². The highest BCUT2D eigenvalue weighted by atomic mass is 16.3. The number of carbonyl (C=O) groups is 2. The average Bonchev–Trinajstić information content (AvgIpc) is 2.87. The van der Waals surface area contributed by atoms with E-state index in [9.17, 15) is 9.59 Å². The number of anilines is 1. The zero-order chi connectivity index (χ0) is 18.4. The number of carbonyl (C=O) groups excluding carboxylic acids is 2. The van der Waals surface area contributed by atoms with Crippen LogP contribution in [-0.2, 0) is 13.5 Å². The van der Waals surface area contributed by atoms with E-state index in [0.717, 1.165) is 5.56 Å². The maximum atomic E-state index is 12.5. The van der Waals surface area contributed by atoms with Crippen molar-refractivity contribution in [1.29, 1.82) is 5.26 Å². The molecule has 0 saturated heterocycles. The zero-order valence-corrected chi connectivity index (χ0v) is 14.0. The van der Waals surface area contributed by atoms with E-state index in [1.807, 2.05) is 6.07 Å². The number of rotatable bonds is 6. The van der Waals surface area contributed by atoms with Gasteiger partial charge in [0.25, 0.3) is 11.8 Å². The van der Waals surface area contributed by atoms with Gasteiger partial charge >= 0.3 is 0 Å². The molecule has 0 fully saturated rings. The van der Waals surface area contributed by atoms with Crippen molar-refractivity contribution < 1.29 is 14.7 Å². The first-order valence-corrected chi connectivity index (χ1v) is 7.67. The minimum absolute atomic E-state index is 0.104. The maximum absolute atomic E-state index is 12.5. The Kier molecular flexibility index (Phi) is 5.87. The summed E-state index contributed by atoms with van der Waals surface area (Å²) >= 11 is 0. The molecular weight excluding hydrogens is 322 g/mol. The van der Waals surface area contributed by atoms with Crippen LogP contribution in [0.2, 0.25) is 0 Å². The van der Waals surface area contributed by atoms with Crippen LogP contribution in [0, 0.1) is 18.3 Å². The molecule has 2 aromatic rings. The predicted octanol–water partition coefficient (Wildman–Crippen LogP) is 0.769. The lowest BCUT2D eigenvalue weighted by Gasteiger charge is -2.08. The summed E-state index contributed by atoms with van der Waals surface area (Å²) in [7, 11) is 1.67. The van der Waals surface area contributed by atoms with E-state index in [1.165, 1.54) is 0 Å². The van der Waals surface area contributed by atoms with Crippen molar-refractivity contribution in [1.82, 2.24) is 14.9 Å². The number of hydrogen-bond donors (Lipinski definition) is 3. The van der Waals surface area contributed by atoms with Gasteiger partial charge in [-0.05, 0) is 24.6 Å². The van der Waals surface area contributed by atoms with Gasteiger partial charge in [-0.3, -0.25) is 9.59 Å². The number of aliphatic hydroxyl groups excluding tert-OH is 1. The highest BCUT2D eigenvalue weighted by Crippen LogP contribution is 2.17. The Bertz CT molecular complexity index is 835. The molecule has 0 unspecified atom stereocenters. The van der Waals surface area contributed by atoms with Gasteiger partial charge in [-0.15, -0.1) is 0 Å². The van der Waals surface area contributed by atoms with Crippen LogP contribution in [0.5, 0.6) is 0 Å². The standard InChI is InChI=1S/C17H19N5O3/c1-11-20-15(14(22(11)2)17(25)19-8-9-23)21-16(24)13-5-3-4-12(10-13)6-7-18/h3-5,10,23H,6,8-9H2,1-2H3,(H,19,25)(H,21,24). The first-order chi connectivity index (χ1) is 12.0. The second-order valence-corrected chi connectivity index (χ2v) is 5.38. The summed E-state index contributed by atoms with van der Waals surface area (Å²) in [5, 5.41) is 22.8. The van der Waals surface area contributed by atoms with E-state index in [4.69, 9.17) is 10.4 Å². The van der Waals surface area contributed by atoms with Gasteiger partial charge in [-0.25, -0.2) is 4.98 Å². The van der Waals surface area contributed by atoms with Gasteiger partial charge in [0.1, 0.15) is 5.82 Å². The molecule has 0 radical (unpaired) electrons. The van der Waals surface area contributed by atoms with Gasteiger partial charge < -0.3 is 20.3 Å². The molecule has 1 aromatic heterocycles. The molecule has 1 aromatic carbocycles. The van der Waals surface area contributed by atoms with E-state index in [0.29, 0.717) is 11.4 Å². The van der Waals surface area contributed by atoms with Gasteiger partial charge in [-0.2, -0.15) is 5.26 Å². The van der Waals surface area contributed by atoms with Crippen LogP contribution < -0.4 is 10.6 Å². The van der Waals surface area contributed by atoms with Crippen LogP contribution in [0.3, 0.4) is 0 Å². The molecule has 8 nitrogen and oxygen atoms in total. The fourth-order valence-corrected chi connectivity index (χ4v) is 2.30. The molecule has 2 rings (SSSR count). The molecule has 0 aliphatic carbocycles. The third-order valence-corrected chi connectivity index (χ3v) is 3.64. The Labute approximate surface area is 145 Å². The molecule has 0 spiro atoms. The van der Waals surface area contributed by atoms with Gasteiger partial charge in [-0.1, -0.05) is 12.1 Å². The number of hydrogen-bond acceptors (Lipinski definition) is 5. The number of aliphatic hydroxyl groups is 1. The molecule has 0 bridgehead atoms. The number of aryl methyl sites for hydroxylation is 1. The molecule has 8 heteroatoms. The zero-order valence-electron chi connectivity index (χ0n) is 14.0. The predicted molar refractivity (Wildman–Crippen MR) is 91.1 cm³/mol. The monoisotopic (exact) mass is 341 g/mol. The highest BCUT2D eigenvalue weighted by Gasteiger charge is 2.21. The minimum atomic E-state index is -0.439. The van der Waals surface area contributed by atoms with E-state index >= 15 is 0 Å². The smallest absolute Gasteiger partial charge is 0.271 e. The number of aromatic nitrogens is 2. The van der Waals surface area contributed by atoms with Crippen molar-refractivity contribution in [2.24, 2.45) is 7.05 Å². The molecule has 1 heterocycles. The largest absolute Gasteiger partial charge is 0.395 e. The number of amides is 2. The minimum Gasteiger partial charge on any atom is -0.395 e. The second kappa shape index (κ2) is 8.08. The molecule has 25 heavy (non-hydrogen) atoms.